The summed E-state index contributed by atoms with van der Waals surface area (Å²) in [6.45, 7) is 0. The topological polar surface area (TPSA) is 86.8 Å². The Morgan fingerprint density at radius 3 is 2.26 bits per heavy atom. The van der Waals surface area contributed by atoms with E-state index in [4.69, 9.17) is 5.73 Å². The Bertz CT molecular complexity index is 609. The molecule has 0 bridgehead atoms. The molecule has 0 spiro atoms. The zero-order chi connectivity index (χ0) is 14.0. The monoisotopic (exact) mass is 258 g/mol. The van der Waals surface area contributed by atoms with Crippen LogP contribution in [0.25, 0.3) is 0 Å². The van der Waals surface area contributed by atoms with E-state index in [9.17, 15) is 15.0 Å². The number of carbonyl (C=O) groups excluding carboxylic acids is 1. The summed E-state index contributed by atoms with van der Waals surface area (Å²) in [6, 6.07) is 10.8. The summed E-state index contributed by atoms with van der Waals surface area (Å²) >= 11 is 0. The fraction of sp³-hybridized carbons (Fsp3) is 0.0714. The van der Waals surface area contributed by atoms with Gasteiger partial charge in [-0.1, -0.05) is 0 Å². The maximum atomic E-state index is 12.2. The van der Waals surface area contributed by atoms with E-state index in [1.165, 1.54) is 23.1 Å². The highest BCUT2D eigenvalue weighted by Gasteiger charge is 2.14. The largest absolute Gasteiger partial charge is 0.504 e. The van der Waals surface area contributed by atoms with Gasteiger partial charge in [-0.2, -0.15) is 0 Å². The van der Waals surface area contributed by atoms with Crippen molar-refractivity contribution in [2.24, 2.45) is 0 Å². The minimum Gasteiger partial charge on any atom is -0.504 e. The Hall–Kier alpha value is -2.69. The highest BCUT2D eigenvalue weighted by atomic mass is 16.3. The summed E-state index contributed by atoms with van der Waals surface area (Å²) < 4.78 is 0. The molecule has 5 nitrogen and oxygen atoms in total. The number of benzene rings is 2. The van der Waals surface area contributed by atoms with Crippen molar-refractivity contribution >= 4 is 17.3 Å². The van der Waals surface area contributed by atoms with Crippen molar-refractivity contribution in [1.82, 2.24) is 0 Å². The van der Waals surface area contributed by atoms with Crippen LogP contribution in [0.3, 0.4) is 0 Å². The van der Waals surface area contributed by atoms with Crippen LogP contribution in [-0.4, -0.2) is 23.2 Å². The number of rotatable bonds is 2. The normalized spacial score (nSPS) is 10.2. The summed E-state index contributed by atoms with van der Waals surface area (Å²) in [5.74, 6) is -0.872. The molecule has 0 fully saturated rings. The lowest BCUT2D eigenvalue weighted by atomic mass is 10.1. The van der Waals surface area contributed by atoms with Gasteiger partial charge in [0.05, 0.1) is 0 Å². The molecule has 0 aliphatic heterocycles. The maximum absolute atomic E-state index is 12.2. The van der Waals surface area contributed by atoms with Gasteiger partial charge < -0.3 is 20.8 Å². The van der Waals surface area contributed by atoms with Crippen LogP contribution in [0.1, 0.15) is 10.4 Å². The summed E-state index contributed by atoms with van der Waals surface area (Å²) in [7, 11) is 1.62. The predicted molar refractivity (Wildman–Crippen MR) is 73.4 cm³/mol. The molecule has 5 heteroatoms. The number of hydrogen-bond donors (Lipinski definition) is 3. The second-order valence-corrected chi connectivity index (χ2v) is 4.16. The fourth-order valence-electron chi connectivity index (χ4n) is 1.67. The molecule has 0 aromatic heterocycles. The number of nitrogens with two attached hydrogens (primary N) is 1. The van der Waals surface area contributed by atoms with Crippen molar-refractivity contribution in [2.45, 2.75) is 0 Å². The third-order valence-corrected chi connectivity index (χ3v) is 2.81. The van der Waals surface area contributed by atoms with Crippen LogP contribution in [0.5, 0.6) is 11.5 Å². The number of carbonyl (C=O) groups is 1. The van der Waals surface area contributed by atoms with Crippen LogP contribution in [0, 0.1) is 0 Å². The molecular weight excluding hydrogens is 244 g/mol. The molecule has 1 amide bonds. The van der Waals surface area contributed by atoms with Gasteiger partial charge in [-0.25, -0.2) is 0 Å². The van der Waals surface area contributed by atoms with Crippen molar-refractivity contribution in [3.63, 3.8) is 0 Å². The number of nitrogens with zero attached hydrogens (tertiary/aromatic N) is 1. The minimum atomic E-state index is -0.323. The van der Waals surface area contributed by atoms with Crippen LogP contribution < -0.4 is 10.6 Å². The van der Waals surface area contributed by atoms with Crippen molar-refractivity contribution in [2.75, 3.05) is 17.7 Å². The van der Waals surface area contributed by atoms with E-state index in [1.807, 2.05) is 0 Å². The number of amides is 1. The molecule has 4 N–H and O–H groups in total. The number of aromatic hydroxyl groups is 2. The van der Waals surface area contributed by atoms with Gasteiger partial charge in [-0.05, 0) is 42.5 Å². The summed E-state index contributed by atoms with van der Waals surface area (Å²) in [4.78, 5) is 13.6. The van der Waals surface area contributed by atoms with Crippen LogP contribution in [0.4, 0.5) is 11.4 Å². The molecule has 0 atom stereocenters. The number of phenolic OH excluding ortho intramolecular Hbond substituents is 2. The second-order valence-electron chi connectivity index (χ2n) is 4.16. The first-order valence-corrected chi connectivity index (χ1v) is 5.64. The van der Waals surface area contributed by atoms with E-state index in [-0.39, 0.29) is 23.0 Å². The lowest BCUT2D eigenvalue weighted by molar-refractivity contribution is 0.0992. The molecule has 2 aromatic carbocycles. The van der Waals surface area contributed by atoms with Gasteiger partial charge in [-0.15, -0.1) is 0 Å². The zero-order valence-corrected chi connectivity index (χ0v) is 10.4. The Morgan fingerprint density at radius 1 is 1.05 bits per heavy atom. The van der Waals surface area contributed by atoms with Gasteiger partial charge in [0.15, 0.2) is 11.5 Å². The molecular formula is C14H14N2O3. The molecule has 2 aromatic rings. The Balaban J connectivity index is 2.28. The maximum Gasteiger partial charge on any atom is 0.258 e. The fourth-order valence-corrected chi connectivity index (χ4v) is 1.67. The standard InChI is InChI=1S/C14H14N2O3/c1-16(11-5-3-10(15)4-6-11)14(19)9-2-7-12(17)13(18)8-9/h2-8,17-18H,15H2,1H3. The van der Waals surface area contributed by atoms with Crippen molar-refractivity contribution < 1.29 is 15.0 Å². The molecule has 0 radical (unpaired) electrons. The summed E-state index contributed by atoms with van der Waals surface area (Å²) in [5.41, 5.74) is 7.18. The molecule has 98 valence electrons. The second kappa shape index (κ2) is 4.89. The number of anilines is 2. The number of nitrogen functional groups attached to an aromatic ring is 1. The molecule has 0 heterocycles. The highest BCUT2D eigenvalue weighted by Crippen LogP contribution is 2.26. The first-order chi connectivity index (χ1) is 8.99. The van der Waals surface area contributed by atoms with Crippen LogP contribution in [0.15, 0.2) is 42.5 Å². The van der Waals surface area contributed by atoms with Gasteiger partial charge in [0.25, 0.3) is 5.91 Å². The zero-order valence-electron chi connectivity index (χ0n) is 10.4. The third kappa shape index (κ3) is 2.60. The Labute approximate surface area is 110 Å². The van der Waals surface area contributed by atoms with Crippen LogP contribution in [0.2, 0.25) is 0 Å². The van der Waals surface area contributed by atoms with E-state index in [0.29, 0.717) is 11.4 Å². The Kier molecular flexibility index (Phi) is 3.29. The van der Waals surface area contributed by atoms with E-state index in [0.717, 1.165) is 0 Å². The van der Waals surface area contributed by atoms with E-state index in [2.05, 4.69) is 0 Å². The molecule has 19 heavy (non-hydrogen) atoms. The van der Waals surface area contributed by atoms with Gasteiger partial charge in [0.1, 0.15) is 0 Å². The lowest BCUT2D eigenvalue weighted by Crippen LogP contribution is -2.26. The first-order valence-electron chi connectivity index (χ1n) is 5.64. The van der Waals surface area contributed by atoms with E-state index in [1.54, 1.807) is 31.3 Å². The van der Waals surface area contributed by atoms with Crippen molar-refractivity contribution in [1.29, 1.82) is 0 Å². The highest BCUT2D eigenvalue weighted by molar-refractivity contribution is 6.06. The van der Waals surface area contributed by atoms with Crippen molar-refractivity contribution in [3.05, 3.63) is 48.0 Å². The average molecular weight is 258 g/mol. The summed E-state index contributed by atoms with van der Waals surface area (Å²) in [5, 5.41) is 18.6. The number of hydrogen-bond acceptors (Lipinski definition) is 4. The first kappa shape index (κ1) is 12.8. The number of phenols is 2. The van der Waals surface area contributed by atoms with Gasteiger partial charge in [0, 0.05) is 24.0 Å². The van der Waals surface area contributed by atoms with Crippen LogP contribution >= 0.6 is 0 Å². The molecule has 0 aliphatic rings. The lowest BCUT2D eigenvalue weighted by Gasteiger charge is -2.17. The smallest absolute Gasteiger partial charge is 0.258 e. The van der Waals surface area contributed by atoms with Gasteiger partial charge in [0.2, 0.25) is 0 Å². The molecule has 0 unspecified atom stereocenters. The Morgan fingerprint density at radius 2 is 1.68 bits per heavy atom. The van der Waals surface area contributed by atoms with Gasteiger partial charge in [-0.3, -0.25) is 4.79 Å². The van der Waals surface area contributed by atoms with Crippen molar-refractivity contribution in [3.8, 4) is 11.5 Å². The molecule has 0 aliphatic carbocycles. The average Bonchev–Trinajstić information content (AvgIpc) is 2.41. The molecule has 2 rings (SSSR count). The SMILES string of the molecule is CN(C(=O)c1ccc(O)c(O)c1)c1ccc(N)cc1. The van der Waals surface area contributed by atoms with E-state index >= 15 is 0 Å². The predicted octanol–water partition coefficient (Wildman–Crippen LogP) is 1.96. The quantitative estimate of drug-likeness (QED) is 0.567. The molecule has 0 saturated carbocycles. The van der Waals surface area contributed by atoms with E-state index < -0.39 is 0 Å². The summed E-state index contributed by atoms with van der Waals surface area (Å²) in [6.07, 6.45) is 0. The van der Waals surface area contributed by atoms with Crippen LogP contribution in [-0.2, 0) is 0 Å². The third-order valence-electron chi connectivity index (χ3n) is 2.81. The van der Waals surface area contributed by atoms with Gasteiger partial charge >= 0.3 is 0 Å². The minimum absolute atomic E-state index is 0.258. The molecule has 0 saturated heterocycles.